The first-order valence-electron chi connectivity index (χ1n) is 34.7. The average Bonchev–Trinajstić information content (AvgIpc) is 0.833. The minimum Gasteiger partial charge on any atom is -0.343 e. The second-order valence-electron chi connectivity index (χ2n) is 28.6. The number of rotatable bonds is 13. The number of piperidine rings is 1. The van der Waals surface area contributed by atoms with Crippen LogP contribution in [0, 0.1) is 23.7 Å². The van der Waals surface area contributed by atoms with Gasteiger partial charge in [0.2, 0.25) is 70.9 Å². The van der Waals surface area contributed by atoms with Gasteiger partial charge in [-0.25, -0.2) is 0 Å². The maximum atomic E-state index is 15.3. The SMILES string of the molecule is C=CC[C@@]1(C)NC(=O)C2CCCN2C(=O)[C@H](CCc2ccc(C(F)(F)F)c(Cl)c2)NC(=O)CN(C)C(=O)[C@H](CC2CCCCC2)N(C)C(=O)CN(C)C(=O)CN(C)C(=O)[C@H]([C@@H](C)CC)NC(=O)[C@H](CC(C)C)N(C)C(=O)C[C@@H](C(=O)N2CCCCC2)N(C)C(=O)[C@H](C(C)C)N(C)C1=O. The van der Waals surface area contributed by atoms with E-state index in [9.17, 15) is 56.3 Å². The minimum atomic E-state index is -4.77. The normalized spacial score (nSPS) is 26.4. The van der Waals surface area contributed by atoms with Crippen molar-refractivity contribution >= 4 is 82.5 Å². The molecule has 5 rings (SSSR count). The summed E-state index contributed by atoms with van der Waals surface area (Å²) in [6, 6.07) is -5.92. The summed E-state index contributed by atoms with van der Waals surface area (Å²) in [5.41, 5.74) is -2.65. The fourth-order valence-electron chi connectivity index (χ4n) is 13.8. The summed E-state index contributed by atoms with van der Waals surface area (Å²) < 4.78 is 41.5. The molecule has 3 saturated heterocycles. The molecule has 0 aromatic heterocycles. The van der Waals surface area contributed by atoms with Crippen LogP contribution in [0.5, 0.6) is 0 Å². The number of carbonyl (C=O) groups is 12. The minimum absolute atomic E-state index is 0.00518. The van der Waals surface area contributed by atoms with Crippen LogP contribution in [0.15, 0.2) is 30.9 Å². The van der Waals surface area contributed by atoms with Crippen molar-refractivity contribution in [3.05, 3.63) is 47.0 Å². The Kier molecular flexibility index (Phi) is 30.0. The molecule has 98 heavy (non-hydrogen) atoms. The number of benzene rings is 1. The number of likely N-dealkylation sites (N-methyl/N-ethyl adjacent to an activating group) is 7. The third-order valence-electron chi connectivity index (χ3n) is 20.1. The van der Waals surface area contributed by atoms with Gasteiger partial charge in [-0.3, -0.25) is 57.5 Å². The van der Waals surface area contributed by atoms with Crippen molar-refractivity contribution in [2.45, 2.75) is 212 Å². The maximum absolute atomic E-state index is 15.3. The first kappa shape index (κ1) is 81.4. The molecule has 3 heterocycles. The van der Waals surface area contributed by atoms with Crippen molar-refractivity contribution in [3.8, 4) is 0 Å². The lowest BCUT2D eigenvalue weighted by molar-refractivity contribution is -0.156. The van der Waals surface area contributed by atoms with Gasteiger partial charge in [0.25, 0.3) is 0 Å². The molecule has 4 aliphatic rings. The van der Waals surface area contributed by atoms with Crippen LogP contribution in [0.4, 0.5) is 13.2 Å². The Labute approximate surface area is 581 Å². The molecule has 9 atom stereocenters. The Morgan fingerprint density at radius 3 is 1.87 bits per heavy atom. The van der Waals surface area contributed by atoms with E-state index < -0.39 is 173 Å². The molecule has 0 spiro atoms. The zero-order valence-electron chi connectivity index (χ0n) is 60.1. The van der Waals surface area contributed by atoms with Gasteiger partial charge in [0, 0.05) is 69.0 Å². The van der Waals surface area contributed by atoms with Crippen LogP contribution in [-0.2, 0) is 70.1 Å². The number of fused-ring (bicyclic) bond motifs is 1. The first-order chi connectivity index (χ1) is 45.9. The smallest absolute Gasteiger partial charge is 0.343 e. The van der Waals surface area contributed by atoms with Gasteiger partial charge < -0.3 is 60.0 Å². The molecule has 1 unspecified atom stereocenters. The van der Waals surface area contributed by atoms with E-state index >= 15 is 14.4 Å². The second-order valence-corrected chi connectivity index (χ2v) is 29.0. The van der Waals surface area contributed by atoms with Crippen molar-refractivity contribution in [1.29, 1.82) is 0 Å². The van der Waals surface area contributed by atoms with E-state index in [1.165, 1.54) is 88.0 Å². The van der Waals surface area contributed by atoms with Gasteiger partial charge in [0.1, 0.15) is 47.8 Å². The monoisotopic (exact) mass is 1400 g/mol. The Balaban J connectivity index is 1.62. The van der Waals surface area contributed by atoms with E-state index in [-0.39, 0.29) is 68.9 Å². The molecule has 1 saturated carbocycles. The molecule has 28 heteroatoms. The standard InChI is InChI=1S/C70H108ClF3N12O12/c1-16-32-69(8)68(98)84(15)60(44(5)6)67(97)83(14)54(65(95)85-33-22-19-23-34-85)39-56(88)81(12)52(36-43(3)4)61(91)76-59(45(7)17-2)66(96)80(11)41-57(89)78(9)42-58(90)82(13)53(38-46-25-20-18-21-26-46)64(94)79(10)40-55(87)75-50(63(93)86-35-24-27-51(86)62(92)77-69)31-29-47-28-30-48(49(71)37-47)70(72,73)74/h16,28,30,37,43-46,50-54,59-60H,1,17-27,29,31-36,38-42H2,2-15H3,(H,75,87)(H,76,91)(H,77,92)/t45-,50-,51?,52-,53-,54-,59-,60-,69+/m0/s1. The number of carbonyl (C=O) groups excluding carboxylic acids is 12. The Bertz CT molecular complexity index is 3050. The third-order valence-corrected chi connectivity index (χ3v) is 20.4. The number of aryl methyl sites for hydroxylation is 1. The number of nitrogens with one attached hydrogen (secondary N) is 3. The Hall–Kier alpha value is -7.32. The molecule has 4 fully saturated rings. The molecule has 24 nitrogen and oxygen atoms in total. The zero-order valence-corrected chi connectivity index (χ0v) is 60.8. The fourth-order valence-corrected chi connectivity index (χ4v) is 14.1. The van der Waals surface area contributed by atoms with Gasteiger partial charge in [-0.2, -0.15) is 13.2 Å². The predicted molar refractivity (Wildman–Crippen MR) is 364 cm³/mol. The lowest BCUT2D eigenvalue weighted by atomic mass is 9.84. The molecule has 0 bridgehead atoms. The van der Waals surface area contributed by atoms with Crippen LogP contribution >= 0.6 is 11.6 Å². The molecule has 3 N–H and O–H groups in total. The van der Waals surface area contributed by atoms with Crippen LogP contribution in [-0.4, -0.2) is 251 Å². The van der Waals surface area contributed by atoms with Crippen molar-refractivity contribution in [2.75, 3.05) is 88.6 Å². The fraction of sp³-hybridized carbons (Fsp3) is 0.714. The topological polar surface area (TPSA) is 270 Å². The maximum Gasteiger partial charge on any atom is 0.417 e. The van der Waals surface area contributed by atoms with Crippen LogP contribution in [0.1, 0.15) is 162 Å². The van der Waals surface area contributed by atoms with Crippen molar-refractivity contribution < 1.29 is 70.7 Å². The van der Waals surface area contributed by atoms with E-state index in [2.05, 4.69) is 22.5 Å². The molecule has 3 aliphatic heterocycles. The number of halogens is 4. The largest absolute Gasteiger partial charge is 0.417 e. The molecule has 548 valence electrons. The third kappa shape index (κ3) is 21.1. The van der Waals surface area contributed by atoms with Gasteiger partial charge in [0.15, 0.2) is 0 Å². The van der Waals surface area contributed by atoms with Crippen molar-refractivity contribution in [3.63, 3.8) is 0 Å². The van der Waals surface area contributed by atoms with E-state index in [0.717, 1.165) is 70.3 Å². The second kappa shape index (κ2) is 36.1. The van der Waals surface area contributed by atoms with Gasteiger partial charge in [0.05, 0.1) is 36.6 Å². The summed E-state index contributed by atoms with van der Waals surface area (Å²) >= 11 is 6.13. The molecule has 1 aliphatic carbocycles. The highest BCUT2D eigenvalue weighted by Crippen LogP contribution is 2.36. The van der Waals surface area contributed by atoms with Crippen LogP contribution in [0.3, 0.4) is 0 Å². The quantitative estimate of drug-likeness (QED) is 0.206. The van der Waals surface area contributed by atoms with Gasteiger partial charge in [-0.15, -0.1) is 6.58 Å². The lowest BCUT2D eigenvalue weighted by Crippen LogP contribution is -2.64. The molecular formula is C70H108ClF3N12O12. The molecular weight excluding hydrogens is 1290 g/mol. The van der Waals surface area contributed by atoms with Crippen LogP contribution in [0.25, 0.3) is 0 Å². The van der Waals surface area contributed by atoms with Crippen molar-refractivity contribution in [2.24, 2.45) is 23.7 Å². The lowest BCUT2D eigenvalue weighted by Gasteiger charge is -2.41. The van der Waals surface area contributed by atoms with E-state index in [0.29, 0.717) is 32.4 Å². The zero-order chi connectivity index (χ0) is 73.4. The molecule has 0 radical (unpaired) electrons. The summed E-state index contributed by atoms with van der Waals surface area (Å²) in [6.07, 6.45) is 3.09. The van der Waals surface area contributed by atoms with E-state index in [1.807, 2.05) is 20.8 Å². The summed E-state index contributed by atoms with van der Waals surface area (Å²) in [6.45, 7) is 14.9. The summed E-state index contributed by atoms with van der Waals surface area (Å²) in [7, 11) is 9.70. The average molecular weight is 1400 g/mol. The molecule has 12 amide bonds. The van der Waals surface area contributed by atoms with Crippen LogP contribution < -0.4 is 16.0 Å². The van der Waals surface area contributed by atoms with Gasteiger partial charge in [-0.05, 0) is 112 Å². The summed E-state index contributed by atoms with van der Waals surface area (Å²) in [5.74, 6) is -9.66. The number of hydrogen-bond acceptors (Lipinski definition) is 12. The van der Waals surface area contributed by atoms with Crippen LogP contribution in [0.2, 0.25) is 5.02 Å². The number of alkyl halides is 3. The number of nitrogens with zero attached hydrogens (tertiary/aromatic N) is 9. The number of likely N-dealkylation sites (tertiary alicyclic amines) is 1. The Morgan fingerprint density at radius 2 is 1.29 bits per heavy atom. The predicted octanol–water partition coefficient (Wildman–Crippen LogP) is 5.52. The molecule has 1 aromatic rings. The first-order valence-corrected chi connectivity index (χ1v) is 35.0. The van der Waals surface area contributed by atoms with Gasteiger partial charge >= 0.3 is 6.18 Å². The Morgan fingerprint density at radius 1 is 0.684 bits per heavy atom. The number of hydrogen-bond donors (Lipinski definition) is 3. The highest BCUT2D eigenvalue weighted by Gasteiger charge is 2.48. The highest BCUT2D eigenvalue weighted by atomic mass is 35.5. The molecule has 1 aromatic carbocycles. The van der Waals surface area contributed by atoms with E-state index in [1.54, 1.807) is 25.7 Å². The van der Waals surface area contributed by atoms with E-state index in [4.69, 9.17) is 11.6 Å². The van der Waals surface area contributed by atoms with Gasteiger partial charge in [-0.1, -0.05) is 104 Å². The summed E-state index contributed by atoms with van der Waals surface area (Å²) in [5, 5.41) is 7.87. The number of amides is 12. The summed E-state index contributed by atoms with van der Waals surface area (Å²) in [4.78, 5) is 188. The van der Waals surface area contributed by atoms with Crippen molar-refractivity contribution in [1.82, 2.24) is 60.0 Å². The highest BCUT2D eigenvalue weighted by molar-refractivity contribution is 6.31.